The molecule has 0 spiro atoms. The van der Waals surface area contributed by atoms with Crippen LogP contribution in [0.25, 0.3) is 15.0 Å². The summed E-state index contributed by atoms with van der Waals surface area (Å²) in [6, 6.07) is 22.4. The van der Waals surface area contributed by atoms with E-state index in [0.29, 0.717) is 11.1 Å². The molecular formula is C26H22F3O2S+. The molecule has 1 atom stereocenters. The summed E-state index contributed by atoms with van der Waals surface area (Å²) in [7, 11) is -0.261. The molecule has 1 heterocycles. The Bertz CT molecular complexity index is 1280. The summed E-state index contributed by atoms with van der Waals surface area (Å²) in [5.74, 6) is -0.519. The van der Waals surface area contributed by atoms with E-state index in [1.807, 2.05) is 30.3 Å². The predicted octanol–water partition coefficient (Wildman–Crippen LogP) is 8.00. The van der Waals surface area contributed by atoms with Gasteiger partial charge in [0.1, 0.15) is 5.60 Å². The Kier molecular flexibility index (Phi) is 5.59. The van der Waals surface area contributed by atoms with Crippen LogP contribution < -0.4 is 0 Å². The molecule has 164 valence electrons. The number of hydrogen-bond donors (Lipinski definition) is 0. The van der Waals surface area contributed by atoms with Crippen LogP contribution in [0.2, 0.25) is 0 Å². The number of thiophene rings is 1. The SMILES string of the molecule is Cc1cc2ccccc2[s+]1-c1cccc(C(=O)OC(C)(C)c2ccc(C(F)(F)F)cc2)c1. The number of rotatable bonds is 4. The van der Waals surface area contributed by atoms with Gasteiger partial charge in [0.25, 0.3) is 0 Å². The largest absolute Gasteiger partial charge is 0.451 e. The van der Waals surface area contributed by atoms with E-state index in [1.165, 1.54) is 27.1 Å². The fourth-order valence-electron chi connectivity index (χ4n) is 3.71. The summed E-state index contributed by atoms with van der Waals surface area (Å²) in [4.78, 5) is 15.2. The van der Waals surface area contributed by atoms with Gasteiger partial charge in [-0.25, -0.2) is 4.79 Å². The summed E-state index contributed by atoms with van der Waals surface area (Å²) in [5.41, 5.74) is -0.931. The van der Waals surface area contributed by atoms with Gasteiger partial charge < -0.3 is 4.74 Å². The van der Waals surface area contributed by atoms with E-state index in [9.17, 15) is 18.0 Å². The van der Waals surface area contributed by atoms with Crippen LogP contribution in [0, 0.1) is 6.92 Å². The van der Waals surface area contributed by atoms with E-state index in [2.05, 4.69) is 25.1 Å². The second kappa shape index (κ2) is 8.10. The van der Waals surface area contributed by atoms with E-state index in [-0.39, 0.29) is 10.5 Å². The minimum absolute atomic E-state index is 0.261. The van der Waals surface area contributed by atoms with E-state index >= 15 is 0 Å². The van der Waals surface area contributed by atoms with Crippen molar-refractivity contribution >= 4 is 26.5 Å². The average Bonchev–Trinajstić information content (AvgIpc) is 3.08. The first kappa shape index (κ1) is 22.1. The highest BCUT2D eigenvalue weighted by Gasteiger charge is 2.32. The van der Waals surface area contributed by atoms with Gasteiger partial charge >= 0.3 is 12.1 Å². The number of alkyl halides is 3. The molecule has 3 aromatic carbocycles. The maximum absolute atomic E-state index is 12.9. The summed E-state index contributed by atoms with van der Waals surface area (Å²) >= 11 is 0. The highest BCUT2D eigenvalue weighted by molar-refractivity contribution is 7.45. The molecule has 32 heavy (non-hydrogen) atoms. The summed E-state index contributed by atoms with van der Waals surface area (Å²) in [6.07, 6.45) is -4.41. The Morgan fingerprint density at radius 1 is 0.844 bits per heavy atom. The lowest BCUT2D eigenvalue weighted by Crippen LogP contribution is -2.25. The normalized spacial score (nSPS) is 12.8. The molecule has 4 rings (SSSR count). The Labute approximate surface area is 187 Å². The van der Waals surface area contributed by atoms with Gasteiger partial charge in [-0.05, 0) is 55.8 Å². The molecule has 0 radical (unpaired) electrons. The van der Waals surface area contributed by atoms with Crippen molar-refractivity contribution in [1.82, 2.24) is 0 Å². The molecule has 2 nitrogen and oxygen atoms in total. The van der Waals surface area contributed by atoms with Gasteiger partial charge in [-0.15, -0.1) is 0 Å². The van der Waals surface area contributed by atoms with Crippen LogP contribution >= 0.6 is 10.5 Å². The van der Waals surface area contributed by atoms with Crippen molar-refractivity contribution in [2.24, 2.45) is 0 Å². The van der Waals surface area contributed by atoms with E-state index in [0.717, 1.165) is 17.0 Å². The minimum Gasteiger partial charge on any atom is -0.451 e. The quantitative estimate of drug-likeness (QED) is 0.230. The maximum Gasteiger partial charge on any atom is 0.416 e. The molecule has 0 aliphatic rings. The van der Waals surface area contributed by atoms with Crippen LogP contribution in [0.15, 0.2) is 78.9 Å². The number of hydrogen-bond acceptors (Lipinski definition) is 2. The average molecular weight is 456 g/mol. The molecular weight excluding hydrogens is 433 g/mol. The van der Waals surface area contributed by atoms with Crippen molar-refractivity contribution < 1.29 is 22.7 Å². The number of carbonyl (C=O) groups is 1. The van der Waals surface area contributed by atoms with Gasteiger partial charge in [-0.2, -0.15) is 13.2 Å². The lowest BCUT2D eigenvalue weighted by molar-refractivity contribution is -0.137. The second-order valence-electron chi connectivity index (χ2n) is 8.10. The van der Waals surface area contributed by atoms with Gasteiger partial charge in [-0.1, -0.05) is 30.3 Å². The first-order valence-corrected chi connectivity index (χ1v) is 11.3. The minimum atomic E-state index is -4.41. The second-order valence-corrected chi connectivity index (χ2v) is 10.3. The van der Waals surface area contributed by atoms with Crippen molar-refractivity contribution in [2.75, 3.05) is 0 Å². The van der Waals surface area contributed by atoms with Crippen LogP contribution in [0.3, 0.4) is 0 Å². The van der Waals surface area contributed by atoms with E-state index in [4.69, 9.17) is 4.74 Å². The zero-order valence-corrected chi connectivity index (χ0v) is 18.7. The van der Waals surface area contributed by atoms with Crippen molar-refractivity contribution in [3.63, 3.8) is 0 Å². The fourth-order valence-corrected chi connectivity index (χ4v) is 5.96. The van der Waals surface area contributed by atoms with Crippen LogP contribution in [-0.2, 0) is 16.5 Å². The topological polar surface area (TPSA) is 26.3 Å². The zero-order chi connectivity index (χ0) is 23.1. The van der Waals surface area contributed by atoms with Crippen molar-refractivity contribution in [1.29, 1.82) is 0 Å². The van der Waals surface area contributed by atoms with E-state index < -0.39 is 23.3 Å². The molecule has 4 aromatic rings. The predicted molar refractivity (Wildman–Crippen MR) is 122 cm³/mol. The van der Waals surface area contributed by atoms with Crippen LogP contribution in [0.1, 0.15) is 40.2 Å². The van der Waals surface area contributed by atoms with Gasteiger partial charge in [0.15, 0.2) is 14.5 Å². The van der Waals surface area contributed by atoms with Crippen LogP contribution in [0.5, 0.6) is 0 Å². The van der Waals surface area contributed by atoms with Crippen LogP contribution in [0.4, 0.5) is 13.2 Å². The summed E-state index contributed by atoms with van der Waals surface area (Å²) < 4.78 is 45.5. The third kappa shape index (κ3) is 4.28. The van der Waals surface area contributed by atoms with Crippen LogP contribution in [-0.4, -0.2) is 5.97 Å². The summed E-state index contributed by atoms with van der Waals surface area (Å²) in [5, 5.41) is 1.18. The molecule has 1 unspecified atom stereocenters. The number of aryl methyl sites for hydroxylation is 1. The molecule has 0 N–H and O–H groups in total. The molecule has 0 aliphatic heterocycles. The van der Waals surface area contributed by atoms with Gasteiger partial charge in [0.05, 0.1) is 11.1 Å². The molecule has 0 saturated carbocycles. The third-order valence-corrected chi connectivity index (χ3v) is 7.68. The van der Waals surface area contributed by atoms with Gasteiger partial charge in [-0.3, -0.25) is 0 Å². The molecule has 0 saturated heterocycles. The number of carbonyl (C=O) groups excluding carboxylic acids is 1. The van der Waals surface area contributed by atoms with Crippen molar-refractivity contribution in [3.05, 3.63) is 100 Å². The molecule has 6 heteroatoms. The maximum atomic E-state index is 12.9. The lowest BCUT2D eigenvalue weighted by atomic mass is 9.96. The van der Waals surface area contributed by atoms with Crippen molar-refractivity contribution in [3.8, 4) is 4.90 Å². The third-order valence-electron chi connectivity index (χ3n) is 5.38. The smallest absolute Gasteiger partial charge is 0.416 e. The molecule has 0 bridgehead atoms. The molecule has 0 aliphatic carbocycles. The Morgan fingerprint density at radius 3 is 2.19 bits per heavy atom. The number of esters is 1. The van der Waals surface area contributed by atoms with E-state index in [1.54, 1.807) is 19.9 Å². The first-order chi connectivity index (χ1) is 15.1. The number of fused-ring (bicyclic) bond motifs is 1. The lowest BCUT2D eigenvalue weighted by Gasteiger charge is -2.26. The summed E-state index contributed by atoms with van der Waals surface area (Å²) in [6.45, 7) is 5.42. The highest BCUT2D eigenvalue weighted by Crippen LogP contribution is 2.43. The Hall–Kier alpha value is -3.12. The zero-order valence-electron chi connectivity index (χ0n) is 17.9. The Morgan fingerprint density at radius 2 is 1.50 bits per heavy atom. The number of halogens is 3. The highest BCUT2D eigenvalue weighted by atomic mass is 32.2. The fraction of sp³-hybridized carbons (Fsp3) is 0.192. The monoisotopic (exact) mass is 455 g/mol. The molecule has 1 aromatic heterocycles. The standard InChI is InChI=1S/C26H22F3O2S/c1-17-15-18-7-4-5-10-23(18)32(17)22-9-6-8-19(16-22)24(30)31-25(2,3)20-11-13-21(14-12-20)26(27,28)29/h4-16H,1-3H3/q+1. The molecule has 0 fully saturated rings. The number of ether oxygens (including phenoxy) is 1. The number of benzene rings is 3. The van der Waals surface area contributed by atoms with Gasteiger partial charge in [0.2, 0.25) is 0 Å². The first-order valence-electron chi connectivity index (χ1n) is 10.1. The Balaban J connectivity index is 1.61. The molecule has 0 amide bonds. The van der Waals surface area contributed by atoms with Crippen molar-refractivity contribution in [2.45, 2.75) is 32.5 Å². The van der Waals surface area contributed by atoms with Gasteiger partial charge in [0, 0.05) is 34.9 Å².